The van der Waals surface area contributed by atoms with Gasteiger partial charge in [0.2, 0.25) is 10.0 Å². The molecule has 1 unspecified atom stereocenters. The van der Waals surface area contributed by atoms with E-state index in [0.29, 0.717) is 12.1 Å². The normalized spacial score (nSPS) is 13.2. The molecule has 0 aliphatic rings. The number of hydrogen-bond donors (Lipinski definition) is 1. The van der Waals surface area contributed by atoms with Crippen LogP contribution in [0.25, 0.3) is 0 Å². The topological polar surface area (TPSA) is 49.4 Å². The van der Waals surface area contributed by atoms with Crippen LogP contribution in [0.1, 0.15) is 29.7 Å². The van der Waals surface area contributed by atoms with Gasteiger partial charge < -0.3 is 5.32 Å². The van der Waals surface area contributed by atoms with Gasteiger partial charge in [0.1, 0.15) is 5.82 Å². The van der Waals surface area contributed by atoms with Crippen LogP contribution < -0.4 is 5.32 Å². The Morgan fingerprint density at radius 2 is 1.75 bits per heavy atom. The first-order valence-electron chi connectivity index (χ1n) is 7.72. The Labute approximate surface area is 143 Å². The average molecular weight is 350 g/mol. The summed E-state index contributed by atoms with van der Waals surface area (Å²) in [4.78, 5) is 0.268. The highest BCUT2D eigenvalue weighted by molar-refractivity contribution is 7.89. The lowest BCUT2D eigenvalue weighted by molar-refractivity contribution is 0.520. The zero-order chi connectivity index (χ0) is 17.9. The molecule has 0 radical (unpaired) electrons. The molecule has 0 aliphatic heterocycles. The molecule has 2 rings (SSSR count). The average Bonchev–Trinajstić information content (AvgIpc) is 2.55. The van der Waals surface area contributed by atoms with Gasteiger partial charge in [-0.2, -0.15) is 0 Å². The molecule has 0 saturated carbocycles. The Hall–Kier alpha value is -1.76. The van der Waals surface area contributed by atoms with E-state index >= 15 is 0 Å². The van der Waals surface area contributed by atoms with Crippen molar-refractivity contribution in [3.05, 3.63) is 65.0 Å². The minimum atomic E-state index is -3.41. The molecule has 130 valence electrons. The van der Waals surface area contributed by atoms with Crippen molar-refractivity contribution in [1.82, 2.24) is 9.62 Å². The fourth-order valence-corrected chi connectivity index (χ4v) is 3.18. The first kappa shape index (κ1) is 18.6. The number of nitrogens with zero attached hydrogens (tertiary/aromatic N) is 1. The lowest BCUT2D eigenvalue weighted by Crippen LogP contribution is -2.22. The number of nitrogens with one attached hydrogen (secondary N) is 1. The van der Waals surface area contributed by atoms with Crippen LogP contribution in [0.4, 0.5) is 4.39 Å². The van der Waals surface area contributed by atoms with E-state index in [0.717, 1.165) is 11.1 Å². The maximum atomic E-state index is 13.6. The van der Waals surface area contributed by atoms with E-state index in [2.05, 4.69) is 5.32 Å². The lowest BCUT2D eigenvalue weighted by atomic mass is 10.1. The molecule has 0 aliphatic carbocycles. The summed E-state index contributed by atoms with van der Waals surface area (Å²) in [6.07, 6.45) is 0. The van der Waals surface area contributed by atoms with Crippen LogP contribution in [-0.2, 0) is 16.6 Å². The molecule has 1 atom stereocenters. The van der Waals surface area contributed by atoms with E-state index in [1.165, 1.54) is 24.5 Å². The second-order valence-electron chi connectivity index (χ2n) is 6.04. The quantitative estimate of drug-likeness (QED) is 0.870. The smallest absolute Gasteiger partial charge is 0.242 e. The van der Waals surface area contributed by atoms with Crippen molar-refractivity contribution >= 4 is 10.0 Å². The SMILES string of the molecule is Cc1ccc(CNC(C)c2ccc(S(=O)(=O)N(C)C)cc2)cc1F. The van der Waals surface area contributed by atoms with Gasteiger partial charge in [0.25, 0.3) is 0 Å². The third kappa shape index (κ3) is 4.20. The monoisotopic (exact) mass is 350 g/mol. The van der Waals surface area contributed by atoms with Crippen LogP contribution in [0.5, 0.6) is 0 Å². The van der Waals surface area contributed by atoms with Crippen LogP contribution in [0.15, 0.2) is 47.4 Å². The maximum absolute atomic E-state index is 13.6. The maximum Gasteiger partial charge on any atom is 0.242 e. The molecule has 1 N–H and O–H groups in total. The largest absolute Gasteiger partial charge is 0.306 e. The number of rotatable bonds is 6. The highest BCUT2D eigenvalue weighted by atomic mass is 32.2. The summed E-state index contributed by atoms with van der Waals surface area (Å²) in [6, 6.07) is 12.0. The van der Waals surface area contributed by atoms with Crippen molar-refractivity contribution in [2.45, 2.75) is 31.3 Å². The van der Waals surface area contributed by atoms with Crippen molar-refractivity contribution < 1.29 is 12.8 Å². The Morgan fingerprint density at radius 3 is 2.29 bits per heavy atom. The van der Waals surface area contributed by atoms with Gasteiger partial charge in [0, 0.05) is 26.7 Å². The molecule has 0 fully saturated rings. The van der Waals surface area contributed by atoms with Gasteiger partial charge in [-0.1, -0.05) is 24.3 Å². The van der Waals surface area contributed by atoms with E-state index in [-0.39, 0.29) is 16.8 Å². The standard InChI is InChI=1S/C18H23FN2O2S/c1-13-5-6-15(11-18(13)19)12-20-14(2)16-7-9-17(10-8-16)24(22,23)21(3)4/h5-11,14,20H,12H2,1-4H3. The van der Waals surface area contributed by atoms with Gasteiger partial charge in [-0.05, 0) is 48.7 Å². The Kier molecular flexibility index (Phi) is 5.74. The van der Waals surface area contributed by atoms with E-state index < -0.39 is 10.0 Å². The molecular weight excluding hydrogens is 327 g/mol. The minimum absolute atomic E-state index is 0.0190. The molecule has 6 heteroatoms. The molecular formula is C18H23FN2O2S. The lowest BCUT2D eigenvalue weighted by Gasteiger charge is -2.16. The highest BCUT2D eigenvalue weighted by Gasteiger charge is 2.17. The first-order valence-corrected chi connectivity index (χ1v) is 9.16. The molecule has 0 saturated heterocycles. The summed E-state index contributed by atoms with van der Waals surface area (Å²) in [7, 11) is -0.396. The molecule has 0 amide bonds. The van der Waals surface area contributed by atoms with Crippen molar-refractivity contribution in [2.24, 2.45) is 0 Å². The molecule has 0 spiro atoms. The van der Waals surface area contributed by atoms with Crippen molar-refractivity contribution in [3.63, 3.8) is 0 Å². The van der Waals surface area contributed by atoms with Gasteiger partial charge >= 0.3 is 0 Å². The molecule has 0 bridgehead atoms. The van der Waals surface area contributed by atoms with E-state index in [1.54, 1.807) is 37.3 Å². The predicted molar refractivity (Wildman–Crippen MR) is 93.7 cm³/mol. The zero-order valence-electron chi connectivity index (χ0n) is 14.4. The van der Waals surface area contributed by atoms with Crippen LogP contribution in [0, 0.1) is 12.7 Å². The van der Waals surface area contributed by atoms with Crippen LogP contribution >= 0.6 is 0 Å². The third-order valence-corrected chi connectivity index (χ3v) is 5.84. The zero-order valence-corrected chi connectivity index (χ0v) is 15.2. The Balaban J connectivity index is 2.05. The van der Waals surface area contributed by atoms with Crippen molar-refractivity contribution in [1.29, 1.82) is 0 Å². The van der Waals surface area contributed by atoms with E-state index in [1.807, 2.05) is 13.0 Å². The number of halogens is 1. The van der Waals surface area contributed by atoms with Gasteiger partial charge in [0.15, 0.2) is 0 Å². The fraction of sp³-hybridized carbons (Fsp3) is 0.333. The third-order valence-electron chi connectivity index (χ3n) is 4.01. The summed E-state index contributed by atoms with van der Waals surface area (Å²) in [5.41, 5.74) is 2.47. The van der Waals surface area contributed by atoms with Crippen molar-refractivity contribution in [3.8, 4) is 0 Å². The highest BCUT2D eigenvalue weighted by Crippen LogP contribution is 2.19. The molecule has 0 heterocycles. The molecule has 4 nitrogen and oxygen atoms in total. The summed E-state index contributed by atoms with van der Waals surface area (Å²) >= 11 is 0. The van der Waals surface area contributed by atoms with Gasteiger partial charge in [-0.3, -0.25) is 0 Å². The number of aryl methyl sites for hydroxylation is 1. The van der Waals surface area contributed by atoms with Crippen LogP contribution in [0.3, 0.4) is 0 Å². The predicted octanol–water partition coefficient (Wildman–Crippen LogP) is 3.24. The molecule has 2 aromatic carbocycles. The molecule has 2 aromatic rings. The van der Waals surface area contributed by atoms with Gasteiger partial charge in [-0.15, -0.1) is 0 Å². The Bertz CT molecular complexity index is 802. The molecule has 24 heavy (non-hydrogen) atoms. The van der Waals surface area contributed by atoms with Gasteiger partial charge in [0.05, 0.1) is 4.90 Å². The number of sulfonamides is 1. The summed E-state index contributed by atoms with van der Waals surface area (Å²) in [6.45, 7) is 4.26. The number of hydrogen-bond acceptors (Lipinski definition) is 3. The first-order chi connectivity index (χ1) is 11.2. The fourth-order valence-electron chi connectivity index (χ4n) is 2.27. The van der Waals surface area contributed by atoms with Gasteiger partial charge in [-0.25, -0.2) is 17.1 Å². The number of benzene rings is 2. The molecule has 0 aromatic heterocycles. The van der Waals surface area contributed by atoms with E-state index in [4.69, 9.17) is 0 Å². The summed E-state index contributed by atoms with van der Waals surface area (Å²) in [5, 5.41) is 3.32. The van der Waals surface area contributed by atoms with Crippen LogP contribution in [0.2, 0.25) is 0 Å². The summed E-state index contributed by atoms with van der Waals surface area (Å²) < 4.78 is 38.9. The van der Waals surface area contributed by atoms with Crippen LogP contribution in [-0.4, -0.2) is 26.8 Å². The second kappa shape index (κ2) is 7.42. The van der Waals surface area contributed by atoms with E-state index in [9.17, 15) is 12.8 Å². The minimum Gasteiger partial charge on any atom is -0.306 e. The second-order valence-corrected chi connectivity index (χ2v) is 8.19. The Morgan fingerprint density at radius 1 is 1.12 bits per heavy atom. The summed E-state index contributed by atoms with van der Waals surface area (Å²) in [5.74, 6) is -0.208. The van der Waals surface area contributed by atoms with Crippen molar-refractivity contribution in [2.75, 3.05) is 14.1 Å².